The highest BCUT2D eigenvalue weighted by molar-refractivity contribution is 7.16. The van der Waals surface area contributed by atoms with Gasteiger partial charge < -0.3 is 5.32 Å². The van der Waals surface area contributed by atoms with Crippen molar-refractivity contribution in [2.45, 2.75) is 26.3 Å². The normalized spacial score (nSPS) is 12.9. The predicted octanol–water partition coefficient (Wildman–Crippen LogP) is 4.86. The van der Waals surface area contributed by atoms with Crippen LogP contribution in [0.4, 0.5) is 0 Å². The van der Waals surface area contributed by atoms with Crippen molar-refractivity contribution in [3.8, 4) is 0 Å². The Bertz CT molecular complexity index is 435. The molecule has 0 aliphatic heterocycles. The molecule has 0 aliphatic rings. The zero-order valence-electron chi connectivity index (χ0n) is 10.00. The lowest BCUT2D eigenvalue weighted by atomic mass is 10.1. The monoisotopic (exact) mass is 285 g/mol. The Balaban J connectivity index is 2.24. The summed E-state index contributed by atoms with van der Waals surface area (Å²) in [7, 11) is 0. The molecule has 92 valence electrons. The third-order valence-electron chi connectivity index (χ3n) is 2.56. The summed E-state index contributed by atoms with van der Waals surface area (Å²) in [5.41, 5.74) is 1.35. The molecule has 0 saturated carbocycles. The van der Waals surface area contributed by atoms with Gasteiger partial charge in [-0.15, -0.1) is 22.7 Å². The maximum atomic E-state index is 6.02. The van der Waals surface area contributed by atoms with Crippen molar-refractivity contribution < 1.29 is 0 Å². The largest absolute Gasteiger partial charge is 0.306 e. The molecule has 17 heavy (non-hydrogen) atoms. The average molecular weight is 286 g/mol. The fourth-order valence-electron chi connectivity index (χ4n) is 1.77. The molecule has 2 rings (SSSR count). The number of nitrogens with one attached hydrogen (secondary N) is 1. The SMILES string of the molecule is CCCNC(c1csc(C)c1)c1ccc(Cl)s1. The van der Waals surface area contributed by atoms with Gasteiger partial charge in [0.2, 0.25) is 0 Å². The van der Waals surface area contributed by atoms with E-state index in [9.17, 15) is 0 Å². The molecule has 0 spiro atoms. The summed E-state index contributed by atoms with van der Waals surface area (Å²) < 4.78 is 0.857. The van der Waals surface area contributed by atoms with Crippen molar-refractivity contribution in [1.82, 2.24) is 5.32 Å². The number of thiophene rings is 2. The third kappa shape index (κ3) is 3.32. The summed E-state index contributed by atoms with van der Waals surface area (Å²) in [6.45, 7) is 5.35. The van der Waals surface area contributed by atoms with Gasteiger partial charge in [0, 0.05) is 9.75 Å². The lowest BCUT2D eigenvalue weighted by Crippen LogP contribution is -2.21. The van der Waals surface area contributed by atoms with Gasteiger partial charge in [-0.25, -0.2) is 0 Å². The van der Waals surface area contributed by atoms with Gasteiger partial charge in [0.05, 0.1) is 10.4 Å². The highest BCUT2D eigenvalue weighted by Crippen LogP contribution is 2.32. The standard InChI is InChI=1S/C13H16ClNS2/c1-3-6-15-13(10-7-9(2)16-8-10)11-4-5-12(14)17-11/h4-5,7-8,13,15H,3,6H2,1-2H3. The minimum Gasteiger partial charge on any atom is -0.306 e. The lowest BCUT2D eigenvalue weighted by molar-refractivity contribution is 0.607. The molecule has 1 N–H and O–H groups in total. The molecular formula is C13H16ClNS2. The van der Waals surface area contributed by atoms with E-state index in [2.05, 4.69) is 36.7 Å². The van der Waals surface area contributed by atoms with E-state index in [4.69, 9.17) is 11.6 Å². The van der Waals surface area contributed by atoms with Crippen LogP contribution in [0.25, 0.3) is 0 Å². The second-order valence-corrected chi connectivity index (χ2v) is 6.88. The Kier molecular flexibility index (Phi) is 4.62. The third-order valence-corrected chi connectivity index (χ3v) is 4.74. The van der Waals surface area contributed by atoms with Crippen molar-refractivity contribution in [3.05, 3.63) is 43.2 Å². The van der Waals surface area contributed by atoms with Gasteiger partial charge >= 0.3 is 0 Å². The first-order chi connectivity index (χ1) is 8.20. The molecule has 2 heterocycles. The summed E-state index contributed by atoms with van der Waals surface area (Å²) >= 11 is 9.48. The second-order valence-electron chi connectivity index (χ2n) is 4.02. The summed E-state index contributed by atoms with van der Waals surface area (Å²) in [5.74, 6) is 0. The Hall–Kier alpha value is -0.350. The van der Waals surface area contributed by atoms with Gasteiger partial charge in [-0.3, -0.25) is 0 Å². The van der Waals surface area contributed by atoms with Crippen LogP contribution in [-0.4, -0.2) is 6.54 Å². The number of halogens is 1. The van der Waals surface area contributed by atoms with Crippen LogP contribution < -0.4 is 5.32 Å². The lowest BCUT2D eigenvalue weighted by Gasteiger charge is -2.15. The van der Waals surface area contributed by atoms with Gasteiger partial charge in [-0.05, 0) is 49.0 Å². The van der Waals surface area contributed by atoms with E-state index >= 15 is 0 Å². The Morgan fingerprint density at radius 3 is 2.76 bits per heavy atom. The van der Waals surface area contributed by atoms with Gasteiger partial charge in [0.15, 0.2) is 0 Å². The van der Waals surface area contributed by atoms with Crippen LogP contribution in [0.3, 0.4) is 0 Å². The first kappa shape index (κ1) is 13.1. The maximum absolute atomic E-state index is 6.02. The fraction of sp³-hybridized carbons (Fsp3) is 0.385. The molecule has 0 fully saturated rings. The minimum atomic E-state index is 0.289. The van der Waals surface area contributed by atoms with Crippen molar-refractivity contribution in [1.29, 1.82) is 0 Å². The summed E-state index contributed by atoms with van der Waals surface area (Å²) in [6.07, 6.45) is 1.14. The van der Waals surface area contributed by atoms with E-state index in [-0.39, 0.29) is 6.04 Å². The van der Waals surface area contributed by atoms with E-state index in [1.165, 1.54) is 15.3 Å². The zero-order valence-corrected chi connectivity index (χ0v) is 12.4. The molecular weight excluding hydrogens is 270 g/mol. The van der Waals surface area contributed by atoms with Gasteiger partial charge in [0.1, 0.15) is 0 Å². The van der Waals surface area contributed by atoms with Gasteiger partial charge in [0.25, 0.3) is 0 Å². The number of rotatable bonds is 5. The molecule has 0 amide bonds. The maximum Gasteiger partial charge on any atom is 0.0931 e. The van der Waals surface area contributed by atoms with Crippen LogP contribution in [0.2, 0.25) is 4.34 Å². The molecule has 1 atom stereocenters. The molecule has 0 radical (unpaired) electrons. The highest BCUT2D eigenvalue weighted by atomic mass is 35.5. The van der Waals surface area contributed by atoms with Crippen molar-refractivity contribution in [2.75, 3.05) is 6.54 Å². The van der Waals surface area contributed by atoms with Crippen LogP contribution >= 0.6 is 34.3 Å². The molecule has 1 nitrogen and oxygen atoms in total. The molecule has 0 bridgehead atoms. The van der Waals surface area contributed by atoms with E-state index in [1.807, 2.05) is 6.07 Å². The quantitative estimate of drug-likeness (QED) is 0.827. The second kappa shape index (κ2) is 6.01. The number of hydrogen-bond acceptors (Lipinski definition) is 3. The van der Waals surface area contributed by atoms with Crippen LogP contribution in [0, 0.1) is 6.92 Å². The smallest absolute Gasteiger partial charge is 0.0931 e. The first-order valence-electron chi connectivity index (χ1n) is 5.74. The van der Waals surface area contributed by atoms with Gasteiger partial charge in [-0.1, -0.05) is 18.5 Å². The van der Waals surface area contributed by atoms with Crippen molar-refractivity contribution in [3.63, 3.8) is 0 Å². The molecule has 2 aromatic rings. The molecule has 2 aromatic heterocycles. The topological polar surface area (TPSA) is 12.0 Å². The van der Waals surface area contributed by atoms with Crippen molar-refractivity contribution >= 4 is 34.3 Å². The molecule has 0 aliphatic carbocycles. The van der Waals surface area contributed by atoms with E-state index in [1.54, 1.807) is 22.7 Å². The Labute approximate surface area is 115 Å². The van der Waals surface area contributed by atoms with E-state index in [0.29, 0.717) is 0 Å². The van der Waals surface area contributed by atoms with Gasteiger partial charge in [-0.2, -0.15) is 0 Å². The fourth-order valence-corrected chi connectivity index (χ4v) is 3.67. The number of aryl methyl sites for hydroxylation is 1. The zero-order chi connectivity index (χ0) is 12.3. The van der Waals surface area contributed by atoms with Crippen LogP contribution in [0.5, 0.6) is 0 Å². The van der Waals surface area contributed by atoms with Crippen molar-refractivity contribution in [2.24, 2.45) is 0 Å². The molecule has 0 aromatic carbocycles. The van der Waals surface area contributed by atoms with E-state index < -0.39 is 0 Å². The average Bonchev–Trinajstić information content (AvgIpc) is 2.89. The van der Waals surface area contributed by atoms with Crippen LogP contribution in [0.1, 0.15) is 34.7 Å². The highest BCUT2D eigenvalue weighted by Gasteiger charge is 2.16. The summed E-state index contributed by atoms with van der Waals surface area (Å²) in [5, 5.41) is 5.82. The van der Waals surface area contributed by atoms with Crippen LogP contribution in [-0.2, 0) is 0 Å². The van der Waals surface area contributed by atoms with Crippen LogP contribution in [0.15, 0.2) is 23.6 Å². The predicted molar refractivity (Wildman–Crippen MR) is 78.5 cm³/mol. The Morgan fingerprint density at radius 1 is 1.41 bits per heavy atom. The van der Waals surface area contributed by atoms with E-state index in [0.717, 1.165) is 17.3 Å². The summed E-state index contributed by atoms with van der Waals surface area (Å²) in [4.78, 5) is 2.65. The molecule has 0 saturated heterocycles. The molecule has 4 heteroatoms. The first-order valence-corrected chi connectivity index (χ1v) is 7.81. The number of hydrogen-bond donors (Lipinski definition) is 1. The minimum absolute atomic E-state index is 0.289. The summed E-state index contributed by atoms with van der Waals surface area (Å²) in [6, 6.07) is 6.64. The molecule has 1 unspecified atom stereocenters. The Morgan fingerprint density at radius 2 is 2.24 bits per heavy atom.